The van der Waals surface area contributed by atoms with Crippen LogP contribution in [0, 0.1) is 0 Å². The Morgan fingerprint density at radius 3 is 2.72 bits per heavy atom. The minimum absolute atomic E-state index is 0.0846. The van der Waals surface area contributed by atoms with Crippen LogP contribution in [0.1, 0.15) is 29.1 Å². The van der Waals surface area contributed by atoms with E-state index in [1.165, 1.54) is 15.6 Å². The van der Waals surface area contributed by atoms with Gasteiger partial charge in [0.05, 0.1) is 30.8 Å². The molecular formula is C21H25N3O4S. The SMILES string of the molecule is Cn1nc(CN(Cc2ccco2)S(=O)(=O)CCOc2ccccc2)c2c1CCC2. The van der Waals surface area contributed by atoms with Gasteiger partial charge in [-0.2, -0.15) is 9.40 Å². The molecule has 0 radical (unpaired) electrons. The van der Waals surface area contributed by atoms with Gasteiger partial charge in [-0.1, -0.05) is 18.2 Å². The molecule has 0 spiro atoms. The highest BCUT2D eigenvalue weighted by molar-refractivity contribution is 7.89. The normalized spacial score (nSPS) is 13.7. The van der Waals surface area contributed by atoms with E-state index in [9.17, 15) is 8.42 Å². The fourth-order valence-electron chi connectivity index (χ4n) is 3.73. The fourth-order valence-corrected chi connectivity index (χ4v) is 4.93. The summed E-state index contributed by atoms with van der Waals surface area (Å²) in [4.78, 5) is 0. The quantitative estimate of drug-likeness (QED) is 0.537. The third kappa shape index (κ3) is 4.54. The summed E-state index contributed by atoms with van der Waals surface area (Å²) >= 11 is 0. The van der Waals surface area contributed by atoms with Crippen LogP contribution in [0.25, 0.3) is 0 Å². The molecule has 0 N–H and O–H groups in total. The summed E-state index contributed by atoms with van der Waals surface area (Å²) in [5.74, 6) is 1.14. The Morgan fingerprint density at radius 2 is 1.97 bits per heavy atom. The molecule has 3 aromatic rings. The van der Waals surface area contributed by atoms with Crippen molar-refractivity contribution in [1.29, 1.82) is 0 Å². The maximum absolute atomic E-state index is 13.1. The van der Waals surface area contributed by atoms with E-state index in [1.54, 1.807) is 18.4 Å². The van der Waals surface area contributed by atoms with E-state index in [1.807, 2.05) is 42.1 Å². The predicted octanol–water partition coefficient (Wildman–Crippen LogP) is 2.91. The maximum Gasteiger partial charge on any atom is 0.218 e. The van der Waals surface area contributed by atoms with E-state index in [-0.39, 0.29) is 25.4 Å². The average Bonchev–Trinajstić information content (AvgIpc) is 3.43. The molecule has 0 saturated carbocycles. The number of nitrogens with zero attached hydrogens (tertiary/aromatic N) is 3. The van der Waals surface area contributed by atoms with Gasteiger partial charge in [-0.3, -0.25) is 4.68 Å². The minimum atomic E-state index is -3.58. The molecule has 4 rings (SSSR count). The highest BCUT2D eigenvalue weighted by Crippen LogP contribution is 2.27. The zero-order valence-corrected chi connectivity index (χ0v) is 17.3. The second kappa shape index (κ2) is 8.42. The molecule has 154 valence electrons. The zero-order chi connectivity index (χ0) is 20.3. The summed E-state index contributed by atoms with van der Waals surface area (Å²) in [5.41, 5.74) is 3.23. The van der Waals surface area contributed by atoms with Crippen molar-refractivity contribution >= 4 is 10.0 Å². The second-order valence-electron chi connectivity index (χ2n) is 7.17. The Labute approximate surface area is 170 Å². The lowest BCUT2D eigenvalue weighted by Crippen LogP contribution is -2.34. The van der Waals surface area contributed by atoms with Gasteiger partial charge in [0.15, 0.2) is 0 Å². The number of hydrogen-bond donors (Lipinski definition) is 0. The summed E-state index contributed by atoms with van der Waals surface area (Å²) in [6.45, 7) is 0.491. The molecule has 1 aromatic carbocycles. The van der Waals surface area contributed by atoms with Gasteiger partial charge in [-0.25, -0.2) is 8.42 Å². The molecule has 2 aromatic heterocycles. The van der Waals surface area contributed by atoms with Crippen LogP contribution >= 0.6 is 0 Å². The number of para-hydroxylation sites is 1. The Balaban J connectivity index is 1.51. The number of furan rings is 1. The highest BCUT2D eigenvalue weighted by atomic mass is 32.2. The zero-order valence-electron chi connectivity index (χ0n) is 16.5. The lowest BCUT2D eigenvalue weighted by atomic mass is 10.2. The van der Waals surface area contributed by atoms with Crippen LogP contribution in [0.2, 0.25) is 0 Å². The second-order valence-corrected chi connectivity index (χ2v) is 9.26. The highest BCUT2D eigenvalue weighted by Gasteiger charge is 2.28. The lowest BCUT2D eigenvalue weighted by molar-refractivity contribution is 0.324. The lowest BCUT2D eigenvalue weighted by Gasteiger charge is -2.21. The molecule has 0 atom stereocenters. The van der Waals surface area contributed by atoms with Crippen LogP contribution in [0.15, 0.2) is 53.1 Å². The number of rotatable bonds is 9. The third-order valence-corrected chi connectivity index (χ3v) is 6.91. The molecule has 29 heavy (non-hydrogen) atoms. The molecule has 2 heterocycles. The first-order valence-corrected chi connectivity index (χ1v) is 11.4. The van der Waals surface area contributed by atoms with Crippen LogP contribution in [-0.4, -0.2) is 34.9 Å². The maximum atomic E-state index is 13.1. The number of sulfonamides is 1. The third-order valence-electron chi connectivity index (χ3n) is 5.18. The number of benzene rings is 1. The first-order valence-electron chi connectivity index (χ1n) is 9.74. The molecular weight excluding hydrogens is 390 g/mol. The van der Waals surface area contributed by atoms with Crippen molar-refractivity contribution in [3.63, 3.8) is 0 Å². The van der Waals surface area contributed by atoms with E-state index < -0.39 is 10.0 Å². The van der Waals surface area contributed by atoms with Gasteiger partial charge >= 0.3 is 0 Å². The number of ether oxygens (including phenoxy) is 1. The number of hydrogen-bond acceptors (Lipinski definition) is 5. The van der Waals surface area contributed by atoms with Gasteiger partial charge in [-0.15, -0.1) is 0 Å². The van der Waals surface area contributed by atoms with E-state index in [0.29, 0.717) is 11.5 Å². The van der Waals surface area contributed by atoms with E-state index in [4.69, 9.17) is 9.15 Å². The first kappa shape index (κ1) is 19.7. The van der Waals surface area contributed by atoms with Crippen molar-refractivity contribution in [1.82, 2.24) is 14.1 Å². The number of aryl methyl sites for hydroxylation is 1. The van der Waals surface area contributed by atoms with Crippen LogP contribution in [0.5, 0.6) is 5.75 Å². The molecule has 7 nitrogen and oxygen atoms in total. The van der Waals surface area contributed by atoms with Crippen molar-refractivity contribution in [3.05, 3.63) is 71.4 Å². The Hall–Kier alpha value is -2.58. The van der Waals surface area contributed by atoms with Gasteiger partial charge in [0.1, 0.15) is 18.1 Å². The minimum Gasteiger partial charge on any atom is -0.492 e. The Bertz CT molecular complexity index is 1040. The summed E-state index contributed by atoms with van der Waals surface area (Å²) in [6.07, 6.45) is 4.58. The van der Waals surface area contributed by atoms with E-state index in [0.717, 1.165) is 25.0 Å². The molecule has 8 heteroatoms. The predicted molar refractivity (Wildman–Crippen MR) is 109 cm³/mol. The monoisotopic (exact) mass is 415 g/mol. The Kier molecular flexibility index (Phi) is 5.73. The van der Waals surface area contributed by atoms with Gasteiger partial charge in [0.2, 0.25) is 10.0 Å². The molecule has 0 amide bonds. The molecule has 1 aliphatic rings. The topological polar surface area (TPSA) is 77.6 Å². The molecule has 0 fully saturated rings. The number of aromatic nitrogens is 2. The van der Waals surface area contributed by atoms with Crippen molar-refractivity contribution in [2.75, 3.05) is 12.4 Å². The molecule has 0 aliphatic heterocycles. The van der Waals surface area contributed by atoms with E-state index >= 15 is 0 Å². The summed E-state index contributed by atoms with van der Waals surface area (Å²) in [6, 6.07) is 12.8. The van der Waals surface area contributed by atoms with Crippen molar-refractivity contribution in [2.45, 2.75) is 32.4 Å². The van der Waals surface area contributed by atoms with E-state index in [2.05, 4.69) is 5.10 Å². The fraction of sp³-hybridized carbons (Fsp3) is 0.381. The largest absolute Gasteiger partial charge is 0.492 e. The van der Waals surface area contributed by atoms with Gasteiger partial charge in [0.25, 0.3) is 0 Å². The number of fused-ring (bicyclic) bond motifs is 1. The average molecular weight is 416 g/mol. The summed E-state index contributed by atoms with van der Waals surface area (Å²) in [5, 5.41) is 4.59. The van der Waals surface area contributed by atoms with Gasteiger partial charge < -0.3 is 9.15 Å². The summed E-state index contributed by atoms with van der Waals surface area (Å²) < 4.78 is 40.6. The van der Waals surface area contributed by atoms with Crippen molar-refractivity contribution in [2.24, 2.45) is 7.05 Å². The van der Waals surface area contributed by atoms with Crippen molar-refractivity contribution in [3.8, 4) is 5.75 Å². The smallest absolute Gasteiger partial charge is 0.218 e. The van der Waals surface area contributed by atoms with Crippen LogP contribution in [-0.2, 0) is 43.0 Å². The van der Waals surface area contributed by atoms with Gasteiger partial charge in [-0.05, 0) is 49.1 Å². The first-order chi connectivity index (χ1) is 14.0. The van der Waals surface area contributed by atoms with Crippen molar-refractivity contribution < 1.29 is 17.6 Å². The molecule has 0 unspecified atom stereocenters. The van der Waals surface area contributed by atoms with Crippen LogP contribution in [0.3, 0.4) is 0 Å². The Morgan fingerprint density at radius 1 is 1.14 bits per heavy atom. The van der Waals surface area contributed by atoms with Crippen LogP contribution in [0.4, 0.5) is 0 Å². The standard InChI is InChI=1S/C21H25N3O4S/c1-23-21-11-5-10-19(21)20(22-23)16-24(15-18-9-6-12-27-18)29(25,26)14-13-28-17-7-3-2-4-8-17/h2-4,6-9,12H,5,10-11,13-16H2,1H3. The summed E-state index contributed by atoms with van der Waals surface area (Å²) in [7, 11) is -1.65. The molecule has 0 saturated heterocycles. The molecule has 1 aliphatic carbocycles. The molecule has 0 bridgehead atoms. The van der Waals surface area contributed by atoms with Crippen LogP contribution < -0.4 is 4.74 Å². The van der Waals surface area contributed by atoms with Gasteiger partial charge in [0, 0.05) is 12.7 Å².